The molecular formula is C17H35N5O. The lowest BCUT2D eigenvalue weighted by Crippen LogP contribution is -2.49. The van der Waals surface area contributed by atoms with Gasteiger partial charge in [-0.05, 0) is 38.8 Å². The van der Waals surface area contributed by atoms with Gasteiger partial charge in [-0.2, -0.15) is 0 Å². The zero-order valence-electron chi connectivity index (χ0n) is 15.6. The summed E-state index contributed by atoms with van der Waals surface area (Å²) in [6.45, 7) is 11.7. The molecule has 1 amide bonds. The van der Waals surface area contributed by atoms with Crippen molar-refractivity contribution in [1.29, 1.82) is 0 Å². The largest absolute Gasteiger partial charge is 0.359 e. The van der Waals surface area contributed by atoms with Crippen molar-refractivity contribution in [3.8, 4) is 0 Å². The average molecular weight is 326 g/mol. The number of carbonyl (C=O) groups excluding carboxylic acids is 1. The molecule has 0 bridgehead atoms. The maximum Gasteiger partial charge on any atom is 0.220 e. The van der Waals surface area contributed by atoms with Crippen LogP contribution in [0.25, 0.3) is 0 Å². The molecule has 0 aromatic rings. The summed E-state index contributed by atoms with van der Waals surface area (Å²) in [6.07, 6.45) is 2.76. The highest BCUT2D eigenvalue weighted by Crippen LogP contribution is 2.20. The molecule has 1 aliphatic rings. The first-order chi connectivity index (χ1) is 11.0. The van der Waals surface area contributed by atoms with E-state index in [0.717, 1.165) is 51.5 Å². The van der Waals surface area contributed by atoms with Crippen LogP contribution in [-0.2, 0) is 4.79 Å². The van der Waals surface area contributed by atoms with E-state index in [-0.39, 0.29) is 5.91 Å². The first kappa shape index (κ1) is 19.7. The number of amides is 1. The molecule has 1 aliphatic heterocycles. The molecule has 1 fully saturated rings. The van der Waals surface area contributed by atoms with Gasteiger partial charge in [-0.1, -0.05) is 13.8 Å². The second-order valence-electron chi connectivity index (χ2n) is 6.31. The minimum absolute atomic E-state index is 0.152. The fourth-order valence-electron chi connectivity index (χ4n) is 3.26. The quantitative estimate of drug-likeness (QED) is 0.544. The maximum absolute atomic E-state index is 11.5. The summed E-state index contributed by atoms with van der Waals surface area (Å²) in [4.78, 5) is 20.7. The third-order valence-corrected chi connectivity index (χ3v) is 4.87. The highest BCUT2D eigenvalue weighted by atomic mass is 16.1. The molecule has 1 atom stereocenters. The summed E-state index contributed by atoms with van der Waals surface area (Å²) in [5, 5.41) is 6.23. The van der Waals surface area contributed by atoms with Crippen LogP contribution in [0.3, 0.4) is 0 Å². The summed E-state index contributed by atoms with van der Waals surface area (Å²) < 4.78 is 0. The van der Waals surface area contributed by atoms with E-state index in [2.05, 4.69) is 46.2 Å². The lowest BCUT2D eigenvalue weighted by Gasteiger charge is -2.35. The predicted molar refractivity (Wildman–Crippen MR) is 96.7 cm³/mol. The van der Waals surface area contributed by atoms with Gasteiger partial charge in [0.05, 0.1) is 0 Å². The number of piperidine rings is 1. The van der Waals surface area contributed by atoms with E-state index in [9.17, 15) is 4.79 Å². The molecule has 0 aromatic heterocycles. The second-order valence-corrected chi connectivity index (χ2v) is 6.31. The lowest BCUT2D eigenvalue weighted by molar-refractivity contribution is -0.121. The number of rotatable bonds is 7. The Morgan fingerprint density at radius 2 is 1.91 bits per heavy atom. The standard InChI is InChI=1S/C17H35N5O/c1-6-21(7-2)14(3)13-20-17(19-5)22-10-8-15(9-11-22)12-16(23)18-4/h14-15H,6-13H2,1-5H3,(H,18,23)(H,19,20). The number of carbonyl (C=O) groups is 1. The number of nitrogens with one attached hydrogen (secondary N) is 2. The van der Waals surface area contributed by atoms with Crippen LogP contribution in [0, 0.1) is 5.92 Å². The number of hydrogen-bond donors (Lipinski definition) is 2. The number of likely N-dealkylation sites (tertiary alicyclic amines) is 1. The summed E-state index contributed by atoms with van der Waals surface area (Å²) >= 11 is 0. The van der Waals surface area contributed by atoms with Crippen molar-refractivity contribution >= 4 is 11.9 Å². The van der Waals surface area contributed by atoms with Gasteiger partial charge in [-0.3, -0.25) is 14.7 Å². The zero-order chi connectivity index (χ0) is 17.2. The Labute approximate surface area is 141 Å². The van der Waals surface area contributed by atoms with Crippen LogP contribution >= 0.6 is 0 Å². The number of likely N-dealkylation sites (N-methyl/N-ethyl adjacent to an activating group) is 1. The molecule has 0 aliphatic carbocycles. The van der Waals surface area contributed by atoms with Gasteiger partial charge < -0.3 is 15.5 Å². The lowest BCUT2D eigenvalue weighted by atomic mass is 9.93. The van der Waals surface area contributed by atoms with E-state index in [0.29, 0.717) is 18.4 Å². The van der Waals surface area contributed by atoms with E-state index in [1.807, 2.05) is 7.05 Å². The molecule has 1 heterocycles. The Morgan fingerprint density at radius 1 is 1.30 bits per heavy atom. The Kier molecular flexibility index (Phi) is 8.99. The Hall–Kier alpha value is -1.30. The van der Waals surface area contributed by atoms with Gasteiger partial charge in [0, 0.05) is 46.2 Å². The molecule has 1 unspecified atom stereocenters. The SMILES string of the molecule is CCN(CC)C(C)CNC(=NC)N1CCC(CC(=O)NC)CC1. The van der Waals surface area contributed by atoms with E-state index >= 15 is 0 Å². The third kappa shape index (κ3) is 6.37. The van der Waals surface area contributed by atoms with Crippen molar-refractivity contribution in [3.05, 3.63) is 0 Å². The van der Waals surface area contributed by atoms with Gasteiger partial charge >= 0.3 is 0 Å². The molecular weight excluding hydrogens is 290 g/mol. The molecule has 0 spiro atoms. The summed E-state index contributed by atoms with van der Waals surface area (Å²) in [6, 6.07) is 0.493. The molecule has 23 heavy (non-hydrogen) atoms. The third-order valence-electron chi connectivity index (χ3n) is 4.87. The fourth-order valence-corrected chi connectivity index (χ4v) is 3.26. The van der Waals surface area contributed by atoms with E-state index in [4.69, 9.17) is 0 Å². The molecule has 1 rings (SSSR count). The molecule has 6 heteroatoms. The Balaban J connectivity index is 2.41. The van der Waals surface area contributed by atoms with Gasteiger partial charge in [0.1, 0.15) is 0 Å². The average Bonchev–Trinajstić information content (AvgIpc) is 2.57. The number of nitrogens with zero attached hydrogens (tertiary/aromatic N) is 3. The van der Waals surface area contributed by atoms with Crippen molar-refractivity contribution in [3.63, 3.8) is 0 Å². The van der Waals surface area contributed by atoms with E-state index in [1.54, 1.807) is 7.05 Å². The maximum atomic E-state index is 11.5. The number of hydrogen-bond acceptors (Lipinski definition) is 3. The highest BCUT2D eigenvalue weighted by Gasteiger charge is 2.23. The van der Waals surface area contributed by atoms with Crippen LogP contribution in [0.1, 0.15) is 40.0 Å². The second kappa shape index (κ2) is 10.5. The Morgan fingerprint density at radius 3 is 2.39 bits per heavy atom. The van der Waals surface area contributed by atoms with Crippen LogP contribution in [0.15, 0.2) is 4.99 Å². The van der Waals surface area contributed by atoms with E-state index in [1.165, 1.54) is 0 Å². The molecule has 0 aromatic carbocycles. The van der Waals surface area contributed by atoms with Gasteiger partial charge in [0.25, 0.3) is 0 Å². The normalized spacial score (nSPS) is 18.2. The van der Waals surface area contributed by atoms with Crippen LogP contribution < -0.4 is 10.6 Å². The van der Waals surface area contributed by atoms with Crippen LogP contribution in [0.4, 0.5) is 0 Å². The minimum atomic E-state index is 0.152. The van der Waals surface area contributed by atoms with Crippen molar-refractivity contribution in [2.24, 2.45) is 10.9 Å². The summed E-state index contributed by atoms with van der Waals surface area (Å²) in [5.41, 5.74) is 0. The number of guanidine groups is 1. The van der Waals surface area contributed by atoms with Crippen molar-refractivity contribution in [2.45, 2.75) is 46.1 Å². The first-order valence-corrected chi connectivity index (χ1v) is 8.95. The van der Waals surface area contributed by atoms with Crippen LogP contribution in [-0.4, -0.2) is 74.5 Å². The molecule has 1 saturated heterocycles. The van der Waals surface area contributed by atoms with Crippen molar-refractivity contribution in [2.75, 3.05) is 46.8 Å². The first-order valence-electron chi connectivity index (χ1n) is 8.95. The molecule has 134 valence electrons. The molecule has 2 N–H and O–H groups in total. The fraction of sp³-hybridized carbons (Fsp3) is 0.882. The Bertz CT molecular complexity index is 373. The topological polar surface area (TPSA) is 60.0 Å². The van der Waals surface area contributed by atoms with Gasteiger partial charge in [-0.25, -0.2) is 0 Å². The van der Waals surface area contributed by atoms with Crippen LogP contribution in [0.5, 0.6) is 0 Å². The molecule has 0 radical (unpaired) electrons. The van der Waals surface area contributed by atoms with Gasteiger partial charge in [0.15, 0.2) is 5.96 Å². The van der Waals surface area contributed by atoms with E-state index < -0.39 is 0 Å². The number of aliphatic imine (C=N–C) groups is 1. The minimum Gasteiger partial charge on any atom is -0.359 e. The zero-order valence-corrected chi connectivity index (χ0v) is 15.6. The highest BCUT2D eigenvalue weighted by molar-refractivity contribution is 5.80. The smallest absolute Gasteiger partial charge is 0.220 e. The predicted octanol–water partition coefficient (Wildman–Crippen LogP) is 1.14. The van der Waals surface area contributed by atoms with Gasteiger partial charge in [-0.15, -0.1) is 0 Å². The van der Waals surface area contributed by atoms with Crippen molar-refractivity contribution in [1.82, 2.24) is 20.4 Å². The molecule has 6 nitrogen and oxygen atoms in total. The van der Waals surface area contributed by atoms with Crippen LogP contribution in [0.2, 0.25) is 0 Å². The summed E-state index contributed by atoms with van der Waals surface area (Å²) in [7, 11) is 3.56. The molecule has 0 saturated carbocycles. The van der Waals surface area contributed by atoms with Gasteiger partial charge in [0.2, 0.25) is 5.91 Å². The monoisotopic (exact) mass is 325 g/mol. The van der Waals surface area contributed by atoms with Crippen molar-refractivity contribution < 1.29 is 4.79 Å². The summed E-state index contributed by atoms with van der Waals surface area (Å²) in [5.74, 6) is 1.64.